The molecule has 1 aliphatic rings. The lowest BCUT2D eigenvalue weighted by molar-refractivity contribution is 0.623. The Balaban J connectivity index is 2.08. The second-order valence-electron chi connectivity index (χ2n) is 4.39. The van der Waals surface area contributed by atoms with Gasteiger partial charge >= 0.3 is 0 Å². The summed E-state index contributed by atoms with van der Waals surface area (Å²) < 4.78 is 13.8. The second-order valence-corrected chi connectivity index (χ2v) is 5.24. The average Bonchev–Trinajstić information content (AvgIpc) is 2.86. The van der Waals surface area contributed by atoms with Gasteiger partial charge < -0.3 is 4.98 Å². The molecule has 0 spiro atoms. The van der Waals surface area contributed by atoms with Gasteiger partial charge in [0, 0.05) is 12.0 Å². The Morgan fingerprint density at radius 3 is 2.81 bits per heavy atom. The number of hydrogen-bond donors (Lipinski definition) is 1. The third-order valence-corrected chi connectivity index (χ3v) is 3.89. The van der Waals surface area contributed by atoms with Crippen molar-refractivity contribution in [3.63, 3.8) is 0 Å². The fourth-order valence-electron chi connectivity index (χ4n) is 2.42. The van der Waals surface area contributed by atoms with E-state index in [0.29, 0.717) is 10.4 Å². The van der Waals surface area contributed by atoms with Crippen LogP contribution in [0.4, 0.5) is 4.39 Å². The molecule has 2 aromatic rings. The van der Waals surface area contributed by atoms with Crippen LogP contribution in [0, 0.1) is 5.82 Å². The summed E-state index contributed by atoms with van der Waals surface area (Å²) in [5.74, 6) is 1.31. The molecule has 1 fully saturated rings. The summed E-state index contributed by atoms with van der Waals surface area (Å²) >= 11 is 3.18. The van der Waals surface area contributed by atoms with Crippen LogP contribution >= 0.6 is 15.9 Å². The first kappa shape index (κ1) is 10.3. The van der Waals surface area contributed by atoms with Crippen LogP contribution in [0.3, 0.4) is 0 Å². The van der Waals surface area contributed by atoms with Gasteiger partial charge in [0.05, 0.1) is 15.5 Å². The highest BCUT2D eigenvalue weighted by atomic mass is 79.9. The number of fused-ring (bicyclic) bond motifs is 1. The van der Waals surface area contributed by atoms with Crippen LogP contribution in [0.25, 0.3) is 11.0 Å². The Kier molecular flexibility index (Phi) is 2.46. The predicted molar refractivity (Wildman–Crippen MR) is 65.0 cm³/mol. The summed E-state index contributed by atoms with van der Waals surface area (Å²) in [4.78, 5) is 7.78. The van der Waals surface area contributed by atoms with Crippen molar-refractivity contribution in [2.24, 2.45) is 0 Å². The van der Waals surface area contributed by atoms with Crippen LogP contribution in [-0.2, 0) is 0 Å². The molecule has 0 aliphatic heterocycles. The van der Waals surface area contributed by atoms with Crippen molar-refractivity contribution in [3.8, 4) is 0 Å². The van der Waals surface area contributed by atoms with Crippen molar-refractivity contribution >= 4 is 27.0 Å². The molecule has 0 bridgehead atoms. The highest BCUT2D eigenvalue weighted by Crippen LogP contribution is 2.33. The van der Waals surface area contributed by atoms with Gasteiger partial charge in [-0.3, -0.25) is 0 Å². The van der Waals surface area contributed by atoms with Gasteiger partial charge in [0.1, 0.15) is 11.6 Å². The lowest BCUT2D eigenvalue weighted by Crippen LogP contribution is -1.93. The maximum Gasteiger partial charge on any atom is 0.139 e. The standard InChI is InChI=1S/C12H12BrFN2/c13-8-5-10-11(6-9(8)14)16-12(15-10)7-3-1-2-4-7/h5-7H,1-4H2,(H,15,16). The first-order valence-corrected chi connectivity index (χ1v) is 6.38. The molecule has 1 heterocycles. The monoisotopic (exact) mass is 282 g/mol. The zero-order chi connectivity index (χ0) is 11.1. The summed E-state index contributed by atoms with van der Waals surface area (Å²) in [5, 5.41) is 0. The first-order valence-electron chi connectivity index (χ1n) is 5.59. The van der Waals surface area contributed by atoms with Crippen LogP contribution in [-0.4, -0.2) is 9.97 Å². The zero-order valence-electron chi connectivity index (χ0n) is 8.76. The molecule has 0 saturated heterocycles. The smallest absolute Gasteiger partial charge is 0.139 e. The molecular weight excluding hydrogens is 271 g/mol. The van der Waals surface area contributed by atoms with Crippen molar-refractivity contribution in [3.05, 3.63) is 28.2 Å². The molecule has 4 heteroatoms. The van der Waals surface area contributed by atoms with Crippen molar-refractivity contribution in [2.45, 2.75) is 31.6 Å². The fourth-order valence-corrected chi connectivity index (χ4v) is 2.75. The van der Waals surface area contributed by atoms with E-state index in [-0.39, 0.29) is 5.82 Å². The molecule has 0 amide bonds. The maximum atomic E-state index is 13.3. The third-order valence-electron chi connectivity index (χ3n) is 3.28. The first-order chi connectivity index (χ1) is 7.74. The average molecular weight is 283 g/mol. The summed E-state index contributed by atoms with van der Waals surface area (Å²) in [7, 11) is 0. The Morgan fingerprint density at radius 1 is 1.31 bits per heavy atom. The number of rotatable bonds is 1. The molecular formula is C12H12BrFN2. The number of hydrogen-bond acceptors (Lipinski definition) is 1. The van der Waals surface area contributed by atoms with E-state index >= 15 is 0 Å². The Morgan fingerprint density at radius 2 is 2.06 bits per heavy atom. The highest BCUT2D eigenvalue weighted by Gasteiger charge is 2.20. The van der Waals surface area contributed by atoms with Crippen LogP contribution in [0.1, 0.15) is 37.4 Å². The van der Waals surface area contributed by atoms with Gasteiger partial charge in [0.25, 0.3) is 0 Å². The van der Waals surface area contributed by atoms with E-state index in [1.807, 2.05) is 0 Å². The van der Waals surface area contributed by atoms with E-state index < -0.39 is 0 Å². The summed E-state index contributed by atoms with van der Waals surface area (Å²) in [5.41, 5.74) is 1.64. The number of halogens is 2. The number of aromatic amines is 1. The Labute approximate surface area is 101 Å². The SMILES string of the molecule is Fc1cc2[nH]c(C3CCCC3)nc2cc1Br. The number of aromatic nitrogens is 2. The molecule has 1 aromatic carbocycles. The van der Waals surface area contributed by atoms with Crippen molar-refractivity contribution in [1.82, 2.24) is 9.97 Å². The third kappa shape index (κ3) is 1.65. The number of H-pyrrole nitrogens is 1. The second kappa shape index (κ2) is 3.84. The maximum absolute atomic E-state index is 13.3. The van der Waals surface area contributed by atoms with Gasteiger partial charge in [0.2, 0.25) is 0 Å². The summed E-state index contributed by atoms with van der Waals surface area (Å²) in [6.45, 7) is 0. The number of nitrogens with zero attached hydrogens (tertiary/aromatic N) is 1. The number of benzene rings is 1. The van der Waals surface area contributed by atoms with Gasteiger partial charge in [0.15, 0.2) is 0 Å². The minimum Gasteiger partial charge on any atom is -0.342 e. The van der Waals surface area contributed by atoms with Gasteiger partial charge in [-0.15, -0.1) is 0 Å². The molecule has 84 valence electrons. The van der Waals surface area contributed by atoms with Gasteiger partial charge in [-0.1, -0.05) is 12.8 Å². The summed E-state index contributed by atoms with van der Waals surface area (Å²) in [6, 6.07) is 3.24. The van der Waals surface area contributed by atoms with E-state index in [9.17, 15) is 4.39 Å². The van der Waals surface area contributed by atoms with Crippen LogP contribution < -0.4 is 0 Å². The Hall–Kier alpha value is -0.900. The Bertz CT molecular complexity index is 490. The zero-order valence-corrected chi connectivity index (χ0v) is 10.3. The quantitative estimate of drug-likeness (QED) is 0.837. The molecule has 0 unspecified atom stereocenters. The molecule has 1 aromatic heterocycles. The fraction of sp³-hybridized carbons (Fsp3) is 0.417. The topological polar surface area (TPSA) is 28.7 Å². The molecule has 0 radical (unpaired) electrons. The van der Waals surface area contributed by atoms with Crippen molar-refractivity contribution in [1.29, 1.82) is 0 Å². The molecule has 2 nitrogen and oxygen atoms in total. The van der Waals surface area contributed by atoms with E-state index in [2.05, 4.69) is 25.9 Å². The normalized spacial score (nSPS) is 17.4. The molecule has 0 atom stereocenters. The lowest BCUT2D eigenvalue weighted by atomic mass is 10.1. The van der Waals surface area contributed by atoms with Crippen molar-refractivity contribution < 1.29 is 4.39 Å². The molecule has 1 aliphatic carbocycles. The van der Waals surface area contributed by atoms with Gasteiger partial charge in [-0.2, -0.15) is 0 Å². The van der Waals surface area contributed by atoms with E-state index in [0.717, 1.165) is 16.9 Å². The van der Waals surface area contributed by atoms with Crippen LogP contribution in [0.15, 0.2) is 16.6 Å². The molecule has 1 N–H and O–H groups in total. The predicted octanol–water partition coefficient (Wildman–Crippen LogP) is 4.12. The van der Waals surface area contributed by atoms with Crippen LogP contribution in [0.2, 0.25) is 0 Å². The molecule has 3 rings (SSSR count). The minimum atomic E-state index is -0.242. The van der Waals surface area contributed by atoms with Crippen molar-refractivity contribution in [2.75, 3.05) is 0 Å². The van der Waals surface area contributed by atoms with E-state index in [1.54, 1.807) is 6.07 Å². The van der Waals surface area contributed by atoms with E-state index in [1.165, 1.54) is 31.7 Å². The molecule has 16 heavy (non-hydrogen) atoms. The highest BCUT2D eigenvalue weighted by molar-refractivity contribution is 9.10. The number of imidazole rings is 1. The minimum absolute atomic E-state index is 0.242. The lowest BCUT2D eigenvalue weighted by Gasteiger charge is -2.02. The van der Waals surface area contributed by atoms with Gasteiger partial charge in [-0.25, -0.2) is 9.37 Å². The summed E-state index contributed by atoms with van der Waals surface area (Å²) in [6.07, 6.45) is 4.95. The number of nitrogens with one attached hydrogen (secondary N) is 1. The van der Waals surface area contributed by atoms with Crippen LogP contribution in [0.5, 0.6) is 0 Å². The van der Waals surface area contributed by atoms with Gasteiger partial charge in [-0.05, 0) is 34.8 Å². The molecule has 1 saturated carbocycles. The van der Waals surface area contributed by atoms with E-state index in [4.69, 9.17) is 0 Å². The largest absolute Gasteiger partial charge is 0.342 e.